The Balaban J connectivity index is 1.72. The van der Waals surface area contributed by atoms with Gasteiger partial charge in [0, 0.05) is 16.3 Å². The van der Waals surface area contributed by atoms with Gasteiger partial charge in [-0.25, -0.2) is 0 Å². The SMILES string of the molecule is CCC(NC(=O)c1ccc(-n2cnnc2)cc1)c1ccc(Cl)cc1. The number of amides is 1. The molecular formula is C18H17ClN4O. The number of hydrogen-bond acceptors (Lipinski definition) is 3. The third-order valence-electron chi connectivity index (χ3n) is 3.83. The summed E-state index contributed by atoms with van der Waals surface area (Å²) in [6.07, 6.45) is 4.03. The highest BCUT2D eigenvalue weighted by molar-refractivity contribution is 6.30. The second-order valence-corrected chi connectivity index (χ2v) is 5.84. The lowest BCUT2D eigenvalue weighted by molar-refractivity contribution is 0.0935. The van der Waals surface area contributed by atoms with Crippen molar-refractivity contribution in [2.24, 2.45) is 0 Å². The Bertz CT molecular complexity index is 798. The summed E-state index contributed by atoms with van der Waals surface area (Å²) in [5.41, 5.74) is 2.55. The average molecular weight is 341 g/mol. The monoisotopic (exact) mass is 340 g/mol. The highest BCUT2D eigenvalue weighted by Crippen LogP contribution is 2.20. The third kappa shape index (κ3) is 3.63. The highest BCUT2D eigenvalue weighted by atomic mass is 35.5. The molecule has 2 aromatic carbocycles. The van der Waals surface area contributed by atoms with E-state index in [1.54, 1.807) is 29.4 Å². The zero-order valence-electron chi connectivity index (χ0n) is 13.2. The lowest BCUT2D eigenvalue weighted by Crippen LogP contribution is -2.28. The molecule has 0 radical (unpaired) electrons. The van der Waals surface area contributed by atoms with Crippen molar-refractivity contribution in [1.29, 1.82) is 0 Å². The molecule has 1 aromatic heterocycles. The molecule has 1 amide bonds. The van der Waals surface area contributed by atoms with Crippen LogP contribution in [0, 0.1) is 0 Å². The average Bonchev–Trinajstić information content (AvgIpc) is 3.15. The molecule has 0 spiro atoms. The Morgan fingerprint density at radius 2 is 1.71 bits per heavy atom. The van der Waals surface area contributed by atoms with E-state index in [9.17, 15) is 4.79 Å². The van der Waals surface area contributed by atoms with Crippen molar-refractivity contribution in [3.05, 3.63) is 77.3 Å². The summed E-state index contributed by atoms with van der Waals surface area (Å²) in [5.74, 6) is -0.105. The van der Waals surface area contributed by atoms with Gasteiger partial charge in [-0.3, -0.25) is 9.36 Å². The van der Waals surface area contributed by atoms with E-state index in [1.807, 2.05) is 43.3 Å². The maximum absolute atomic E-state index is 12.5. The van der Waals surface area contributed by atoms with Crippen molar-refractivity contribution in [3.8, 4) is 5.69 Å². The van der Waals surface area contributed by atoms with Gasteiger partial charge in [-0.2, -0.15) is 0 Å². The summed E-state index contributed by atoms with van der Waals surface area (Å²) in [4.78, 5) is 12.5. The number of carbonyl (C=O) groups is 1. The van der Waals surface area contributed by atoms with Crippen LogP contribution < -0.4 is 5.32 Å². The Morgan fingerprint density at radius 3 is 2.29 bits per heavy atom. The summed E-state index contributed by atoms with van der Waals surface area (Å²) < 4.78 is 1.78. The Morgan fingerprint density at radius 1 is 1.08 bits per heavy atom. The molecule has 5 nitrogen and oxygen atoms in total. The standard InChI is InChI=1S/C18H17ClN4O/c1-2-17(13-3-7-15(19)8-4-13)22-18(24)14-5-9-16(10-6-14)23-11-20-21-12-23/h3-12,17H,2H2,1H3,(H,22,24). The van der Waals surface area contributed by atoms with Crippen molar-refractivity contribution in [1.82, 2.24) is 20.1 Å². The Labute approximate surface area is 145 Å². The van der Waals surface area contributed by atoms with Gasteiger partial charge in [-0.1, -0.05) is 30.7 Å². The molecule has 1 heterocycles. The molecule has 1 N–H and O–H groups in total. The first kappa shape index (κ1) is 16.2. The topological polar surface area (TPSA) is 59.8 Å². The fourth-order valence-electron chi connectivity index (χ4n) is 2.48. The van der Waals surface area contributed by atoms with Crippen molar-refractivity contribution in [3.63, 3.8) is 0 Å². The Hall–Kier alpha value is -2.66. The molecule has 0 aliphatic heterocycles. The minimum Gasteiger partial charge on any atom is -0.345 e. The van der Waals surface area contributed by atoms with E-state index in [-0.39, 0.29) is 11.9 Å². The van der Waals surface area contributed by atoms with Crippen LogP contribution in [0.1, 0.15) is 35.3 Å². The number of nitrogens with one attached hydrogen (secondary N) is 1. The lowest BCUT2D eigenvalue weighted by Gasteiger charge is -2.17. The number of halogens is 1. The first-order valence-corrected chi connectivity index (χ1v) is 8.06. The molecule has 3 rings (SSSR count). The van der Waals surface area contributed by atoms with Gasteiger partial charge in [0.05, 0.1) is 6.04 Å². The quantitative estimate of drug-likeness (QED) is 0.768. The van der Waals surface area contributed by atoms with Crippen molar-refractivity contribution >= 4 is 17.5 Å². The maximum atomic E-state index is 12.5. The van der Waals surface area contributed by atoms with Crippen molar-refractivity contribution in [2.75, 3.05) is 0 Å². The normalized spacial score (nSPS) is 11.9. The first-order chi connectivity index (χ1) is 11.7. The largest absolute Gasteiger partial charge is 0.345 e. The molecule has 0 aliphatic carbocycles. The molecule has 0 bridgehead atoms. The highest BCUT2D eigenvalue weighted by Gasteiger charge is 2.14. The maximum Gasteiger partial charge on any atom is 0.251 e. The van der Waals surface area contributed by atoms with Crippen LogP contribution in [0.2, 0.25) is 5.02 Å². The number of carbonyl (C=O) groups excluding carboxylic acids is 1. The van der Waals surface area contributed by atoms with Gasteiger partial charge in [-0.05, 0) is 48.4 Å². The van der Waals surface area contributed by atoms with Crippen molar-refractivity contribution < 1.29 is 4.79 Å². The molecule has 3 aromatic rings. The molecule has 0 aliphatic rings. The van der Waals surface area contributed by atoms with Gasteiger partial charge in [0.2, 0.25) is 0 Å². The molecule has 0 fully saturated rings. The fourth-order valence-corrected chi connectivity index (χ4v) is 2.60. The second-order valence-electron chi connectivity index (χ2n) is 5.40. The van der Waals surface area contributed by atoms with E-state index < -0.39 is 0 Å². The molecule has 1 unspecified atom stereocenters. The lowest BCUT2D eigenvalue weighted by atomic mass is 10.0. The van der Waals surface area contributed by atoms with Crippen LogP contribution in [0.5, 0.6) is 0 Å². The molecule has 122 valence electrons. The van der Waals surface area contributed by atoms with Crippen LogP contribution in [0.4, 0.5) is 0 Å². The number of rotatable bonds is 5. The third-order valence-corrected chi connectivity index (χ3v) is 4.08. The van der Waals surface area contributed by atoms with E-state index in [1.165, 1.54) is 0 Å². The smallest absolute Gasteiger partial charge is 0.251 e. The predicted molar refractivity (Wildman–Crippen MR) is 93.3 cm³/mol. The number of aromatic nitrogens is 3. The van der Waals surface area contributed by atoms with Gasteiger partial charge in [0.25, 0.3) is 5.91 Å². The number of hydrogen-bond donors (Lipinski definition) is 1. The molecule has 0 saturated heterocycles. The summed E-state index contributed by atoms with van der Waals surface area (Å²) >= 11 is 5.92. The molecule has 1 atom stereocenters. The van der Waals surface area contributed by atoms with E-state index in [0.29, 0.717) is 10.6 Å². The van der Waals surface area contributed by atoms with Gasteiger partial charge >= 0.3 is 0 Å². The number of nitrogens with zero attached hydrogens (tertiary/aromatic N) is 3. The van der Waals surface area contributed by atoms with Gasteiger partial charge in [-0.15, -0.1) is 10.2 Å². The van der Waals surface area contributed by atoms with Gasteiger partial charge in [0.1, 0.15) is 12.7 Å². The van der Waals surface area contributed by atoms with Crippen LogP contribution in [0.15, 0.2) is 61.2 Å². The van der Waals surface area contributed by atoms with Crippen LogP contribution in [0.25, 0.3) is 5.69 Å². The van der Waals surface area contributed by atoms with Crippen LogP contribution in [-0.2, 0) is 0 Å². The van der Waals surface area contributed by atoms with E-state index in [0.717, 1.165) is 17.7 Å². The van der Waals surface area contributed by atoms with Gasteiger partial charge in [0.15, 0.2) is 0 Å². The molecule has 0 saturated carbocycles. The Kier molecular flexibility index (Phi) is 4.91. The van der Waals surface area contributed by atoms with E-state index >= 15 is 0 Å². The van der Waals surface area contributed by atoms with Gasteiger partial charge < -0.3 is 5.32 Å². The fraction of sp³-hybridized carbons (Fsp3) is 0.167. The minimum absolute atomic E-state index is 0.0488. The summed E-state index contributed by atoms with van der Waals surface area (Å²) in [7, 11) is 0. The molecule has 6 heteroatoms. The van der Waals surface area contributed by atoms with E-state index in [4.69, 9.17) is 11.6 Å². The van der Waals surface area contributed by atoms with Crippen molar-refractivity contribution in [2.45, 2.75) is 19.4 Å². The van der Waals surface area contributed by atoms with E-state index in [2.05, 4.69) is 15.5 Å². The summed E-state index contributed by atoms with van der Waals surface area (Å²) in [5, 5.41) is 11.3. The zero-order chi connectivity index (χ0) is 16.9. The minimum atomic E-state index is -0.105. The van der Waals surface area contributed by atoms with Crippen LogP contribution >= 0.6 is 11.6 Å². The van der Waals surface area contributed by atoms with Crippen LogP contribution in [0.3, 0.4) is 0 Å². The summed E-state index contributed by atoms with van der Waals surface area (Å²) in [6, 6.07) is 14.8. The second kappa shape index (κ2) is 7.27. The summed E-state index contributed by atoms with van der Waals surface area (Å²) in [6.45, 7) is 2.04. The number of benzene rings is 2. The van der Waals surface area contributed by atoms with Crippen LogP contribution in [-0.4, -0.2) is 20.7 Å². The first-order valence-electron chi connectivity index (χ1n) is 7.68. The predicted octanol–water partition coefficient (Wildman–Crippen LogP) is 3.80. The zero-order valence-corrected chi connectivity index (χ0v) is 13.9. The molecular weight excluding hydrogens is 324 g/mol. The molecule has 24 heavy (non-hydrogen) atoms.